The van der Waals surface area contributed by atoms with Crippen molar-refractivity contribution in [3.8, 4) is 0 Å². The predicted molar refractivity (Wildman–Crippen MR) is 80.1 cm³/mol. The van der Waals surface area contributed by atoms with Crippen molar-refractivity contribution in [3.05, 3.63) is 66.7 Å². The van der Waals surface area contributed by atoms with Gasteiger partial charge >= 0.3 is 11.7 Å². The molecule has 0 aliphatic rings. The zero-order valence-corrected chi connectivity index (χ0v) is 13.4. The fourth-order valence-corrected chi connectivity index (χ4v) is 2.30. The molecular weight excluding hydrogens is 359 g/mol. The van der Waals surface area contributed by atoms with Crippen LogP contribution in [0.4, 0.5) is 4.39 Å². The Hall–Kier alpha value is -2.22. The highest BCUT2D eigenvalue weighted by molar-refractivity contribution is 9.10. The second kappa shape index (κ2) is 6.27. The minimum Gasteiger partial charge on any atom is -0.456 e. The molecule has 0 fully saturated rings. The van der Waals surface area contributed by atoms with E-state index in [9.17, 15) is 18.8 Å². The molecule has 0 radical (unpaired) electrons. The van der Waals surface area contributed by atoms with Gasteiger partial charge in [0.2, 0.25) is 0 Å². The minimum atomic E-state index is -0.694. The normalized spacial score (nSPS) is 10.5. The van der Waals surface area contributed by atoms with Crippen LogP contribution >= 0.6 is 15.9 Å². The molecular formula is C14H12BrFN2O4. The van der Waals surface area contributed by atoms with E-state index in [4.69, 9.17) is 4.74 Å². The van der Waals surface area contributed by atoms with Crippen molar-refractivity contribution in [2.45, 2.75) is 6.61 Å². The highest BCUT2D eigenvalue weighted by Crippen LogP contribution is 2.19. The van der Waals surface area contributed by atoms with Crippen molar-refractivity contribution in [1.82, 2.24) is 9.13 Å². The van der Waals surface area contributed by atoms with E-state index in [0.29, 0.717) is 0 Å². The number of benzene rings is 1. The molecule has 2 aromatic rings. The standard InChI is InChI=1S/C14H12BrFN2O4/c1-17-9(6-12(19)18(2)14(17)21)7-22-13(20)10-4-3-8(16)5-11(10)15/h3-6H,7H2,1-2H3. The van der Waals surface area contributed by atoms with Gasteiger partial charge in [-0.1, -0.05) is 0 Å². The number of carbonyl (C=O) groups is 1. The summed E-state index contributed by atoms with van der Waals surface area (Å²) in [6, 6.07) is 4.78. The van der Waals surface area contributed by atoms with Crippen molar-refractivity contribution < 1.29 is 13.9 Å². The molecule has 8 heteroatoms. The lowest BCUT2D eigenvalue weighted by Crippen LogP contribution is -2.38. The highest BCUT2D eigenvalue weighted by Gasteiger charge is 2.14. The number of ether oxygens (including phenoxy) is 1. The van der Waals surface area contributed by atoms with Crippen LogP contribution in [0.1, 0.15) is 16.1 Å². The van der Waals surface area contributed by atoms with Crippen molar-refractivity contribution in [3.63, 3.8) is 0 Å². The number of rotatable bonds is 3. The monoisotopic (exact) mass is 370 g/mol. The lowest BCUT2D eigenvalue weighted by Gasteiger charge is -2.10. The number of aromatic nitrogens is 2. The zero-order valence-electron chi connectivity index (χ0n) is 11.8. The Balaban J connectivity index is 2.22. The summed E-state index contributed by atoms with van der Waals surface area (Å²) >= 11 is 3.07. The first-order valence-electron chi connectivity index (χ1n) is 6.19. The Labute approximate surface area is 132 Å². The van der Waals surface area contributed by atoms with Crippen molar-refractivity contribution in [2.24, 2.45) is 14.1 Å². The summed E-state index contributed by atoms with van der Waals surface area (Å²) < 4.78 is 20.5. The van der Waals surface area contributed by atoms with Crippen molar-refractivity contribution >= 4 is 21.9 Å². The highest BCUT2D eigenvalue weighted by atomic mass is 79.9. The number of hydrogen-bond donors (Lipinski definition) is 0. The number of halogens is 2. The second-order valence-corrected chi connectivity index (χ2v) is 5.43. The summed E-state index contributed by atoms with van der Waals surface area (Å²) in [4.78, 5) is 35.3. The van der Waals surface area contributed by atoms with Crippen molar-refractivity contribution in [1.29, 1.82) is 0 Å². The average Bonchev–Trinajstić information content (AvgIpc) is 2.47. The van der Waals surface area contributed by atoms with E-state index in [1.165, 1.54) is 30.8 Å². The molecule has 2 rings (SSSR count). The molecule has 0 amide bonds. The molecule has 6 nitrogen and oxygen atoms in total. The van der Waals surface area contributed by atoms with Gasteiger partial charge in [0.25, 0.3) is 5.56 Å². The number of carbonyl (C=O) groups excluding carboxylic acids is 1. The smallest absolute Gasteiger partial charge is 0.339 e. The molecule has 0 spiro atoms. The van der Waals surface area contributed by atoms with Gasteiger partial charge in [-0.2, -0.15) is 0 Å². The summed E-state index contributed by atoms with van der Waals surface area (Å²) in [7, 11) is 2.83. The van der Waals surface area contributed by atoms with Crippen LogP contribution in [-0.4, -0.2) is 15.1 Å². The Bertz CT molecular complexity index is 857. The van der Waals surface area contributed by atoms with Gasteiger partial charge < -0.3 is 4.74 Å². The fraction of sp³-hybridized carbons (Fsp3) is 0.214. The van der Waals surface area contributed by atoms with Crippen LogP contribution in [0.15, 0.2) is 38.3 Å². The molecule has 0 aliphatic carbocycles. The van der Waals surface area contributed by atoms with Crippen LogP contribution in [0.5, 0.6) is 0 Å². The predicted octanol–water partition coefficient (Wildman–Crippen LogP) is 1.34. The van der Waals surface area contributed by atoms with Crippen molar-refractivity contribution in [2.75, 3.05) is 0 Å². The molecule has 0 bridgehead atoms. The van der Waals surface area contributed by atoms with Gasteiger partial charge in [-0.3, -0.25) is 13.9 Å². The number of hydrogen-bond acceptors (Lipinski definition) is 4. The quantitative estimate of drug-likeness (QED) is 0.764. The fourth-order valence-electron chi connectivity index (χ4n) is 1.79. The SMILES string of the molecule is Cn1c(COC(=O)c2ccc(F)cc2Br)cc(=O)n(C)c1=O. The third kappa shape index (κ3) is 3.16. The molecule has 0 aliphatic heterocycles. The van der Waals surface area contributed by atoms with Crippen LogP contribution in [0.2, 0.25) is 0 Å². The second-order valence-electron chi connectivity index (χ2n) is 4.57. The topological polar surface area (TPSA) is 70.3 Å². The molecule has 0 atom stereocenters. The van der Waals surface area contributed by atoms with E-state index in [2.05, 4.69) is 15.9 Å². The van der Waals surface area contributed by atoms with Gasteiger partial charge in [0.05, 0.1) is 11.3 Å². The first-order chi connectivity index (χ1) is 10.3. The van der Waals surface area contributed by atoms with Gasteiger partial charge in [0, 0.05) is 24.6 Å². The maximum Gasteiger partial charge on any atom is 0.339 e. The third-order valence-corrected chi connectivity index (χ3v) is 3.78. The van der Waals surface area contributed by atoms with Gasteiger partial charge in [-0.15, -0.1) is 0 Å². The van der Waals surface area contributed by atoms with E-state index in [1.54, 1.807) is 0 Å². The Morgan fingerprint density at radius 1 is 1.23 bits per heavy atom. The van der Waals surface area contributed by atoms with Crippen LogP contribution in [0, 0.1) is 5.82 Å². The molecule has 0 saturated carbocycles. The molecule has 1 heterocycles. The lowest BCUT2D eigenvalue weighted by molar-refractivity contribution is 0.0461. The Morgan fingerprint density at radius 3 is 2.55 bits per heavy atom. The summed E-state index contributed by atoms with van der Waals surface area (Å²) in [5.41, 5.74) is -0.589. The van der Waals surface area contributed by atoms with Crippen LogP contribution in [0.3, 0.4) is 0 Å². The van der Waals surface area contributed by atoms with E-state index >= 15 is 0 Å². The molecule has 1 aromatic heterocycles. The molecule has 116 valence electrons. The van der Waals surface area contributed by atoms with Gasteiger partial charge in [0.15, 0.2) is 0 Å². The first-order valence-corrected chi connectivity index (χ1v) is 6.98. The average molecular weight is 371 g/mol. The van der Waals surface area contributed by atoms with Crippen LogP contribution in [0.25, 0.3) is 0 Å². The molecule has 0 unspecified atom stereocenters. The minimum absolute atomic E-state index is 0.148. The lowest BCUT2D eigenvalue weighted by atomic mass is 10.2. The zero-order chi connectivity index (χ0) is 16.4. The van der Waals surface area contributed by atoms with Crippen LogP contribution < -0.4 is 11.2 Å². The van der Waals surface area contributed by atoms with E-state index < -0.39 is 23.0 Å². The third-order valence-electron chi connectivity index (χ3n) is 3.13. The molecule has 0 saturated heterocycles. The van der Waals surface area contributed by atoms with E-state index in [0.717, 1.165) is 16.7 Å². The molecule has 22 heavy (non-hydrogen) atoms. The van der Waals surface area contributed by atoms with Gasteiger partial charge in [-0.25, -0.2) is 14.0 Å². The summed E-state index contributed by atoms with van der Waals surface area (Å²) in [5.74, 6) is -1.18. The van der Waals surface area contributed by atoms with Gasteiger partial charge in [-0.05, 0) is 34.1 Å². The summed E-state index contributed by atoms with van der Waals surface area (Å²) in [5, 5.41) is 0. The van der Waals surface area contributed by atoms with Crippen LogP contribution in [-0.2, 0) is 25.4 Å². The number of nitrogens with zero attached hydrogens (tertiary/aromatic N) is 2. The van der Waals surface area contributed by atoms with E-state index in [-0.39, 0.29) is 22.3 Å². The molecule has 0 N–H and O–H groups in total. The Morgan fingerprint density at radius 2 is 1.91 bits per heavy atom. The summed E-state index contributed by atoms with van der Waals surface area (Å²) in [6.07, 6.45) is 0. The summed E-state index contributed by atoms with van der Waals surface area (Å²) in [6.45, 7) is -0.246. The Kier molecular flexibility index (Phi) is 4.60. The first kappa shape index (κ1) is 16.2. The number of esters is 1. The van der Waals surface area contributed by atoms with Gasteiger partial charge in [0.1, 0.15) is 12.4 Å². The molecule has 1 aromatic carbocycles. The largest absolute Gasteiger partial charge is 0.456 e. The maximum absolute atomic E-state index is 13.0. The maximum atomic E-state index is 13.0. The van der Waals surface area contributed by atoms with E-state index in [1.807, 2.05) is 0 Å².